The van der Waals surface area contributed by atoms with E-state index < -0.39 is 85.5 Å². The van der Waals surface area contributed by atoms with Crippen LogP contribution in [0.25, 0.3) is 6.08 Å². The SMILES string of the molecule is COC(=O)C1=CO[C@@H](O[C@@H]2O[C@H](CO)[C@@H](O)[C@H](O)[C@H]2O)[C@@H]2[C@@H](C)[C@@H](O)[C@@H](OC(=O)C=Cc3ccc(O)cc3)[C@H]12. The number of aliphatic hydroxyl groups is 5. The smallest absolute Gasteiger partial charge is 0.337 e. The molecule has 214 valence electrons. The number of carbonyl (C=O) groups excluding carboxylic acids is 2. The fourth-order valence-electron chi connectivity index (χ4n) is 5.20. The Balaban J connectivity index is 1.56. The van der Waals surface area contributed by atoms with Crippen LogP contribution in [0.5, 0.6) is 5.75 Å². The molecular formula is C26H32O13. The third kappa shape index (κ3) is 5.79. The molecule has 1 aromatic rings. The van der Waals surface area contributed by atoms with Crippen LogP contribution in [0.2, 0.25) is 0 Å². The average Bonchev–Trinajstić information content (AvgIpc) is 3.18. The number of carbonyl (C=O) groups is 2. The predicted molar refractivity (Wildman–Crippen MR) is 129 cm³/mol. The van der Waals surface area contributed by atoms with E-state index in [1.807, 2.05) is 0 Å². The minimum Gasteiger partial charge on any atom is -0.508 e. The monoisotopic (exact) mass is 552 g/mol. The van der Waals surface area contributed by atoms with E-state index in [9.17, 15) is 40.2 Å². The zero-order chi connectivity index (χ0) is 28.4. The molecule has 13 heteroatoms. The lowest BCUT2D eigenvalue weighted by atomic mass is 9.82. The van der Waals surface area contributed by atoms with E-state index in [0.29, 0.717) is 5.56 Å². The molecule has 6 N–H and O–H groups in total. The summed E-state index contributed by atoms with van der Waals surface area (Å²) < 4.78 is 27.3. The number of phenols is 1. The molecule has 1 saturated heterocycles. The summed E-state index contributed by atoms with van der Waals surface area (Å²) in [7, 11) is 1.16. The van der Waals surface area contributed by atoms with Crippen LogP contribution in [0, 0.1) is 17.8 Å². The van der Waals surface area contributed by atoms with Crippen molar-refractivity contribution in [2.24, 2.45) is 17.8 Å². The van der Waals surface area contributed by atoms with Crippen LogP contribution < -0.4 is 0 Å². The summed E-state index contributed by atoms with van der Waals surface area (Å²) in [5.74, 6) is -3.95. The Morgan fingerprint density at radius 1 is 1.00 bits per heavy atom. The highest BCUT2D eigenvalue weighted by Crippen LogP contribution is 2.49. The molecule has 0 bridgehead atoms. The molecule has 13 nitrogen and oxygen atoms in total. The van der Waals surface area contributed by atoms with Crippen LogP contribution in [0.15, 0.2) is 42.2 Å². The van der Waals surface area contributed by atoms with Crippen molar-refractivity contribution in [3.63, 3.8) is 0 Å². The molecule has 2 aliphatic heterocycles. The average molecular weight is 553 g/mol. The molecule has 0 radical (unpaired) electrons. The fraction of sp³-hybridized carbons (Fsp3) is 0.538. The number of esters is 2. The Hall–Kier alpha value is -3.04. The van der Waals surface area contributed by atoms with Gasteiger partial charge in [-0.15, -0.1) is 0 Å². The topological polar surface area (TPSA) is 202 Å². The van der Waals surface area contributed by atoms with Crippen molar-refractivity contribution in [1.29, 1.82) is 0 Å². The minimum atomic E-state index is -1.71. The first-order chi connectivity index (χ1) is 18.6. The zero-order valence-electron chi connectivity index (χ0n) is 21.1. The number of aliphatic hydroxyl groups excluding tert-OH is 5. The van der Waals surface area contributed by atoms with E-state index in [1.165, 1.54) is 18.2 Å². The summed E-state index contributed by atoms with van der Waals surface area (Å²) in [6, 6.07) is 6.06. The largest absolute Gasteiger partial charge is 0.508 e. The lowest BCUT2D eigenvalue weighted by Gasteiger charge is -2.43. The number of hydrogen-bond donors (Lipinski definition) is 6. The second-order valence-electron chi connectivity index (χ2n) is 9.68. The highest BCUT2D eigenvalue weighted by molar-refractivity contribution is 5.90. The molecule has 11 atom stereocenters. The number of benzene rings is 1. The Morgan fingerprint density at radius 3 is 2.33 bits per heavy atom. The van der Waals surface area contributed by atoms with Gasteiger partial charge in [-0.1, -0.05) is 19.1 Å². The van der Waals surface area contributed by atoms with Crippen molar-refractivity contribution < 1.29 is 63.9 Å². The maximum Gasteiger partial charge on any atom is 0.337 e. The summed E-state index contributed by atoms with van der Waals surface area (Å²) in [4.78, 5) is 25.3. The Morgan fingerprint density at radius 2 is 1.69 bits per heavy atom. The van der Waals surface area contributed by atoms with Gasteiger partial charge < -0.3 is 54.3 Å². The first-order valence-corrected chi connectivity index (χ1v) is 12.3. The van der Waals surface area contributed by atoms with Crippen molar-refractivity contribution in [3.05, 3.63) is 47.7 Å². The summed E-state index contributed by atoms with van der Waals surface area (Å²) in [5, 5.41) is 60.5. The number of aromatic hydroxyl groups is 1. The van der Waals surface area contributed by atoms with Crippen LogP contribution >= 0.6 is 0 Å². The zero-order valence-corrected chi connectivity index (χ0v) is 21.1. The number of phenolic OH excluding ortho intramolecular Hbond substituents is 1. The van der Waals surface area contributed by atoms with Crippen molar-refractivity contribution in [2.45, 2.75) is 56.1 Å². The number of rotatable bonds is 7. The first-order valence-electron chi connectivity index (χ1n) is 12.3. The third-order valence-electron chi connectivity index (χ3n) is 7.35. The molecule has 1 aliphatic carbocycles. The van der Waals surface area contributed by atoms with E-state index in [-0.39, 0.29) is 11.3 Å². The van der Waals surface area contributed by atoms with Crippen molar-refractivity contribution in [1.82, 2.24) is 0 Å². The van der Waals surface area contributed by atoms with Gasteiger partial charge in [0.25, 0.3) is 0 Å². The molecule has 39 heavy (non-hydrogen) atoms. The number of hydrogen-bond acceptors (Lipinski definition) is 13. The second-order valence-corrected chi connectivity index (χ2v) is 9.68. The number of methoxy groups -OCH3 is 1. The van der Waals surface area contributed by atoms with Gasteiger partial charge in [0.1, 0.15) is 36.3 Å². The van der Waals surface area contributed by atoms with Gasteiger partial charge in [-0.25, -0.2) is 9.59 Å². The maximum atomic E-state index is 12.7. The normalized spacial score (nSPS) is 38.0. The highest BCUT2D eigenvalue weighted by Gasteiger charge is 2.59. The van der Waals surface area contributed by atoms with Crippen LogP contribution in [-0.2, 0) is 33.3 Å². The van der Waals surface area contributed by atoms with E-state index in [2.05, 4.69) is 0 Å². The second kappa shape index (κ2) is 12.0. The van der Waals surface area contributed by atoms with Crippen LogP contribution in [0.3, 0.4) is 0 Å². The predicted octanol–water partition coefficient (Wildman–Crippen LogP) is -1.21. The molecule has 3 aliphatic rings. The molecule has 1 saturated carbocycles. The van der Waals surface area contributed by atoms with Gasteiger partial charge in [0.2, 0.25) is 6.29 Å². The number of ether oxygens (including phenoxy) is 5. The molecule has 2 fully saturated rings. The Labute approximate surface area is 223 Å². The maximum absolute atomic E-state index is 12.7. The molecular weight excluding hydrogens is 520 g/mol. The summed E-state index contributed by atoms with van der Waals surface area (Å²) >= 11 is 0. The van der Waals surface area contributed by atoms with Crippen LogP contribution in [0.4, 0.5) is 0 Å². The molecule has 1 aromatic carbocycles. The third-order valence-corrected chi connectivity index (χ3v) is 7.35. The summed E-state index contributed by atoms with van der Waals surface area (Å²) in [5.41, 5.74) is 0.594. The summed E-state index contributed by atoms with van der Waals surface area (Å²) in [6.07, 6.45) is -7.85. The fourth-order valence-corrected chi connectivity index (χ4v) is 5.20. The first kappa shape index (κ1) is 29.0. The van der Waals surface area contributed by atoms with Gasteiger partial charge in [-0.3, -0.25) is 0 Å². The molecule has 0 unspecified atom stereocenters. The van der Waals surface area contributed by atoms with Crippen molar-refractivity contribution >= 4 is 18.0 Å². The van der Waals surface area contributed by atoms with E-state index in [0.717, 1.165) is 19.4 Å². The Bertz CT molecular complexity index is 1080. The lowest BCUT2D eigenvalue weighted by Crippen LogP contribution is -2.60. The van der Waals surface area contributed by atoms with E-state index >= 15 is 0 Å². The highest BCUT2D eigenvalue weighted by atomic mass is 16.8. The van der Waals surface area contributed by atoms with Gasteiger partial charge in [0, 0.05) is 17.9 Å². The van der Waals surface area contributed by atoms with Gasteiger partial charge in [0.15, 0.2) is 6.29 Å². The quantitative estimate of drug-likeness (QED) is 0.174. The van der Waals surface area contributed by atoms with Gasteiger partial charge in [-0.2, -0.15) is 0 Å². The number of fused-ring (bicyclic) bond motifs is 1. The Kier molecular flexibility index (Phi) is 8.91. The van der Waals surface area contributed by atoms with Gasteiger partial charge >= 0.3 is 11.9 Å². The van der Waals surface area contributed by atoms with E-state index in [1.54, 1.807) is 19.1 Å². The molecule has 2 heterocycles. The molecule has 0 aromatic heterocycles. The van der Waals surface area contributed by atoms with Crippen molar-refractivity contribution in [3.8, 4) is 5.75 Å². The van der Waals surface area contributed by atoms with Crippen LogP contribution in [0.1, 0.15) is 12.5 Å². The molecule has 4 rings (SSSR count). The minimum absolute atomic E-state index is 0.0140. The van der Waals surface area contributed by atoms with Crippen molar-refractivity contribution in [2.75, 3.05) is 13.7 Å². The standard InChI is InChI=1S/C26H32O13/c1-11-17-18(23(19(11)30)38-16(29)8-5-12-3-6-13(28)7-4-12)14(24(34)35-2)10-36-25(17)39-26-22(33)21(32)20(31)15(9-27)37-26/h3-8,10-11,15,17-23,25-28,30-33H,9H2,1-2H3/t11-,15-,17-,18-,19-,20-,21+,22-,23+,25+,26+/m1/s1. The molecule has 0 spiro atoms. The van der Waals surface area contributed by atoms with Gasteiger partial charge in [-0.05, 0) is 29.7 Å². The lowest BCUT2D eigenvalue weighted by molar-refractivity contribution is -0.343. The molecule has 0 amide bonds. The summed E-state index contributed by atoms with van der Waals surface area (Å²) in [6.45, 7) is 0.968. The van der Waals surface area contributed by atoms with Crippen LogP contribution in [-0.4, -0.2) is 105 Å². The van der Waals surface area contributed by atoms with E-state index in [4.69, 9.17) is 23.7 Å². The van der Waals surface area contributed by atoms with Gasteiger partial charge in [0.05, 0.1) is 31.7 Å².